The lowest BCUT2D eigenvalue weighted by atomic mass is 10.1. The molecule has 0 amide bonds. The molecule has 0 radical (unpaired) electrons. The van der Waals surface area contributed by atoms with Crippen molar-refractivity contribution in [2.24, 2.45) is 0 Å². The second-order valence-corrected chi connectivity index (χ2v) is 6.41. The molecule has 1 saturated heterocycles. The molecule has 6 nitrogen and oxygen atoms in total. The first kappa shape index (κ1) is 12.1. The van der Waals surface area contributed by atoms with Crippen LogP contribution in [0.3, 0.4) is 0 Å². The summed E-state index contributed by atoms with van der Waals surface area (Å²) in [5.74, 6) is 1.99. The predicted molar refractivity (Wildman–Crippen MR) is 66.9 cm³/mol. The van der Waals surface area contributed by atoms with Gasteiger partial charge >= 0.3 is 0 Å². The SMILES string of the molecule is CNc1cc(NC2CCS(=O)(=O)CC2)ncn1. The number of aromatic nitrogens is 2. The lowest BCUT2D eigenvalue weighted by molar-refractivity contribution is 0.559. The molecule has 0 bridgehead atoms. The standard InChI is InChI=1S/C10H16N4O2S/c1-11-9-6-10(13-7-12-9)14-8-2-4-17(15,16)5-3-8/h6-8H,2-5H2,1H3,(H2,11,12,13,14). The zero-order chi connectivity index (χ0) is 12.3. The number of rotatable bonds is 3. The fourth-order valence-electron chi connectivity index (χ4n) is 1.82. The van der Waals surface area contributed by atoms with Crippen LogP contribution >= 0.6 is 0 Å². The van der Waals surface area contributed by atoms with Gasteiger partial charge in [0.2, 0.25) is 0 Å². The van der Waals surface area contributed by atoms with Gasteiger partial charge in [-0.15, -0.1) is 0 Å². The zero-order valence-corrected chi connectivity index (χ0v) is 10.5. The van der Waals surface area contributed by atoms with Crippen LogP contribution in [-0.2, 0) is 9.84 Å². The average Bonchev–Trinajstić information content (AvgIpc) is 2.32. The molecule has 17 heavy (non-hydrogen) atoms. The monoisotopic (exact) mass is 256 g/mol. The average molecular weight is 256 g/mol. The lowest BCUT2D eigenvalue weighted by Crippen LogP contribution is -2.32. The van der Waals surface area contributed by atoms with Crippen molar-refractivity contribution in [2.45, 2.75) is 18.9 Å². The lowest BCUT2D eigenvalue weighted by Gasteiger charge is -2.23. The van der Waals surface area contributed by atoms with Gasteiger partial charge in [-0.2, -0.15) is 0 Å². The second kappa shape index (κ2) is 4.87. The third kappa shape index (κ3) is 3.29. The van der Waals surface area contributed by atoms with Gasteiger partial charge in [0.25, 0.3) is 0 Å². The van der Waals surface area contributed by atoms with Crippen molar-refractivity contribution in [1.82, 2.24) is 9.97 Å². The van der Waals surface area contributed by atoms with Gasteiger partial charge in [-0.05, 0) is 12.8 Å². The molecule has 0 spiro atoms. The van der Waals surface area contributed by atoms with Gasteiger partial charge in [-0.1, -0.05) is 0 Å². The summed E-state index contributed by atoms with van der Waals surface area (Å²) < 4.78 is 22.6. The molecule has 1 fully saturated rings. The Labute approximate surface area is 101 Å². The van der Waals surface area contributed by atoms with Crippen molar-refractivity contribution >= 4 is 21.5 Å². The third-order valence-corrected chi connectivity index (χ3v) is 4.55. The molecule has 0 unspecified atom stereocenters. The molecule has 94 valence electrons. The maximum Gasteiger partial charge on any atom is 0.150 e. The first-order valence-corrected chi connectivity index (χ1v) is 7.38. The van der Waals surface area contributed by atoms with Crippen LogP contribution < -0.4 is 10.6 Å². The van der Waals surface area contributed by atoms with E-state index in [1.54, 1.807) is 7.05 Å². The molecular formula is C10H16N4O2S. The van der Waals surface area contributed by atoms with Gasteiger partial charge in [0.1, 0.15) is 27.8 Å². The Kier molecular flexibility index (Phi) is 3.46. The maximum absolute atomic E-state index is 11.3. The molecular weight excluding hydrogens is 240 g/mol. The molecule has 1 aromatic heterocycles. The minimum Gasteiger partial charge on any atom is -0.373 e. The number of anilines is 2. The molecule has 1 aliphatic rings. The molecule has 2 heterocycles. The summed E-state index contributed by atoms with van der Waals surface area (Å²) in [5, 5.41) is 6.17. The van der Waals surface area contributed by atoms with Crippen LogP contribution in [0.5, 0.6) is 0 Å². The van der Waals surface area contributed by atoms with Gasteiger partial charge in [0.05, 0.1) is 11.5 Å². The minimum atomic E-state index is -2.81. The van der Waals surface area contributed by atoms with Crippen LogP contribution in [0.25, 0.3) is 0 Å². The Hall–Kier alpha value is -1.37. The quantitative estimate of drug-likeness (QED) is 0.819. The van der Waals surface area contributed by atoms with Crippen LogP contribution in [0.4, 0.5) is 11.6 Å². The van der Waals surface area contributed by atoms with Crippen molar-refractivity contribution in [1.29, 1.82) is 0 Å². The summed E-state index contributed by atoms with van der Waals surface area (Å²) in [7, 11) is -1.01. The molecule has 1 aromatic rings. The highest BCUT2D eigenvalue weighted by molar-refractivity contribution is 7.91. The van der Waals surface area contributed by atoms with E-state index in [4.69, 9.17) is 0 Å². The summed E-state index contributed by atoms with van der Waals surface area (Å²) >= 11 is 0. The topological polar surface area (TPSA) is 84.0 Å². The highest BCUT2D eigenvalue weighted by Gasteiger charge is 2.23. The van der Waals surface area contributed by atoms with Crippen molar-refractivity contribution in [3.8, 4) is 0 Å². The van der Waals surface area contributed by atoms with Crippen LogP contribution in [0.15, 0.2) is 12.4 Å². The Bertz CT molecular complexity index is 475. The van der Waals surface area contributed by atoms with E-state index in [1.807, 2.05) is 6.07 Å². The summed E-state index contributed by atoms with van der Waals surface area (Å²) in [6.07, 6.45) is 2.76. The minimum absolute atomic E-state index is 0.179. The Morgan fingerprint density at radius 1 is 1.24 bits per heavy atom. The molecule has 0 aliphatic carbocycles. The van der Waals surface area contributed by atoms with E-state index in [0.29, 0.717) is 12.8 Å². The zero-order valence-electron chi connectivity index (χ0n) is 9.68. The fourth-order valence-corrected chi connectivity index (χ4v) is 3.31. The number of nitrogens with zero attached hydrogens (tertiary/aromatic N) is 2. The molecule has 2 N–H and O–H groups in total. The molecule has 7 heteroatoms. The van der Waals surface area contributed by atoms with Crippen molar-refractivity contribution in [2.75, 3.05) is 29.2 Å². The van der Waals surface area contributed by atoms with E-state index in [0.717, 1.165) is 11.6 Å². The van der Waals surface area contributed by atoms with Gasteiger partial charge in [-0.3, -0.25) is 0 Å². The number of nitrogens with one attached hydrogen (secondary N) is 2. The Morgan fingerprint density at radius 2 is 1.88 bits per heavy atom. The van der Waals surface area contributed by atoms with Crippen LogP contribution in [0.2, 0.25) is 0 Å². The molecule has 1 aliphatic heterocycles. The number of sulfone groups is 1. The van der Waals surface area contributed by atoms with Gasteiger partial charge in [0, 0.05) is 19.2 Å². The second-order valence-electron chi connectivity index (χ2n) is 4.11. The van der Waals surface area contributed by atoms with E-state index in [1.165, 1.54) is 6.33 Å². The highest BCUT2D eigenvalue weighted by Crippen LogP contribution is 2.17. The first-order chi connectivity index (χ1) is 8.09. The largest absolute Gasteiger partial charge is 0.373 e. The van der Waals surface area contributed by atoms with E-state index in [2.05, 4.69) is 20.6 Å². The molecule has 0 aromatic carbocycles. The van der Waals surface area contributed by atoms with E-state index in [9.17, 15) is 8.42 Å². The predicted octanol–water partition coefficient (Wildman–Crippen LogP) is 0.507. The van der Waals surface area contributed by atoms with E-state index >= 15 is 0 Å². The maximum atomic E-state index is 11.3. The van der Waals surface area contributed by atoms with Crippen molar-refractivity contribution in [3.05, 3.63) is 12.4 Å². The van der Waals surface area contributed by atoms with Crippen LogP contribution in [0, 0.1) is 0 Å². The summed E-state index contributed by atoms with van der Waals surface area (Å²) in [6.45, 7) is 0. The van der Waals surface area contributed by atoms with Crippen LogP contribution in [0.1, 0.15) is 12.8 Å². The van der Waals surface area contributed by atoms with E-state index in [-0.39, 0.29) is 17.5 Å². The van der Waals surface area contributed by atoms with E-state index < -0.39 is 9.84 Å². The fraction of sp³-hybridized carbons (Fsp3) is 0.600. The molecule has 0 saturated carbocycles. The summed E-state index contributed by atoms with van der Waals surface area (Å²) in [6, 6.07) is 1.99. The summed E-state index contributed by atoms with van der Waals surface area (Å²) in [4.78, 5) is 8.12. The summed E-state index contributed by atoms with van der Waals surface area (Å²) in [5.41, 5.74) is 0. The van der Waals surface area contributed by atoms with Gasteiger partial charge in [0.15, 0.2) is 0 Å². The number of hydrogen-bond acceptors (Lipinski definition) is 6. The highest BCUT2D eigenvalue weighted by atomic mass is 32.2. The van der Waals surface area contributed by atoms with Crippen molar-refractivity contribution < 1.29 is 8.42 Å². The number of hydrogen-bond donors (Lipinski definition) is 2. The van der Waals surface area contributed by atoms with Crippen molar-refractivity contribution in [3.63, 3.8) is 0 Å². The van der Waals surface area contributed by atoms with Crippen LogP contribution in [-0.4, -0.2) is 43.0 Å². The first-order valence-electron chi connectivity index (χ1n) is 5.56. The van der Waals surface area contributed by atoms with Gasteiger partial charge in [-0.25, -0.2) is 18.4 Å². The smallest absolute Gasteiger partial charge is 0.150 e. The Morgan fingerprint density at radius 3 is 2.53 bits per heavy atom. The molecule has 0 atom stereocenters. The molecule has 2 rings (SSSR count). The normalized spacial score (nSPS) is 19.8. The van der Waals surface area contributed by atoms with Gasteiger partial charge < -0.3 is 10.6 Å². The Balaban J connectivity index is 1.97. The third-order valence-electron chi connectivity index (χ3n) is 2.83.